The number of ether oxygens (including phenoxy) is 1. The number of nitrogens with two attached hydrogens (primary N) is 1. The van der Waals surface area contributed by atoms with E-state index in [0.29, 0.717) is 6.61 Å². The molecule has 0 amide bonds. The third-order valence-electron chi connectivity index (χ3n) is 3.82. The van der Waals surface area contributed by atoms with Crippen LogP contribution in [0.4, 0.5) is 0 Å². The molecule has 0 aliphatic carbocycles. The fourth-order valence-electron chi connectivity index (χ4n) is 2.57. The summed E-state index contributed by atoms with van der Waals surface area (Å²) in [6, 6.07) is 10.6. The zero-order valence-electron chi connectivity index (χ0n) is 11.3. The SMILES string of the molecule is CCOCC(N)C(CC)(CC)c1ccccc1. The lowest BCUT2D eigenvalue weighted by atomic mass is 9.70. The van der Waals surface area contributed by atoms with Gasteiger partial charge in [0.05, 0.1) is 6.61 Å². The Morgan fingerprint density at radius 1 is 1.12 bits per heavy atom. The highest BCUT2D eigenvalue weighted by atomic mass is 16.5. The van der Waals surface area contributed by atoms with Crippen molar-refractivity contribution in [2.75, 3.05) is 13.2 Å². The minimum absolute atomic E-state index is 0.0381. The van der Waals surface area contributed by atoms with Crippen LogP contribution in [-0.2, 0) is 10.2 Å². The summed E-state index contributed by atoms with van der Waals surface area (Å²) < 4.78 is 5.50. The second-order valence-electron chi connectivity index (χ2n) is 4.50. The lowest BCUT2D eigenvalue weighted by Crippen LogP contribution is -2.47. The van der Waals surface area contributed by atoms with Gasteiger partial charge in [0.1, 0.15) is 0 Å². The van der Waals surface area contributed by atoms with Crippen LogP contribution in [0.1, 0.15) is 39.2 Å². The minimum atomic E-state index is 0.0381. The fourth-order valence-corrected chi connectivity index (χ4v) is 2.57. The van der Waals surface area contributed by atoms with Crippen LogP contribution in [0.2, 0.25) is 0 Å². The lowest BCUT2D eigenvalue weighted by molar-refractivity contribution is 0.103. The quantitative estimate of drug-likeness (QED) is 0.788. The average Bonchev–Trinajstić information content (AvgIpc) is 2.39. The van der Waals surface area contributed by atoms with Gasteiger partial charge in [-0.15, -0.1) is 0 Å². The van der Waals surface area contributed by atoms with Gasteiger partial charge in [0.2, 0.25) is 0 Å². The normalized spacial score (nSPS) is 13.6. The Balaban J connectivity index is 2.96. The predicted octanol–water partition coefficient (Wildman–Crippen LogP) is 3.11. The van der Waals surface area contributed by atoms with Crippen molar-refractivity contribution in [2.24, 2.45) is 5.73 Å². The smallest absolute Gasteiger partial charge is 0.0626 e. The standard InChI is InChI=1S/C15H25NO/c1-4-15(5-2,14(16)12-17-6-3)13-10-8-7-9-11-13/h7-11,14H,4-6,12,16H2,1-3H3. The molecule has 17 heavy (non-hydrogen) atoms. The third-order valence-corrected chi connectivity index (χ3v) is 3.82. The van der Waals surface area contributed by atoms with Crippen LogP contribution in [0.25, 0.3) is 0 Å². The van der Waals surface area contributed by atoms with Gasteiger partial charge in [0, 0.05) is 18.1 Å². The number of hydrogen-bond donors (Lipinski definition) is 1. The van der Waals surface area contributed by atoms with Crippen LogP contribution in [0, 0.1) is 0 Å². The summed E-state index contributed by atoms with van der Waals surface area (Å²) in [5.74, 6) is 0. The van der Waals surface area contributed by atoms with Crippen molar-refractivity contribution in [1.29, 1.82) is 0 Å². The summed E-state index contributed by atoms with van der Waals surface area (Å²) in [7, 11) is 0. The minimum Gasteiger partial charge on any atom is -0.380 e. The van der Waals surface area contributed by atoms with Crippen molar-refractivity contribution in [1.82, 2.24) is 0 Å². The molecule has 96 valence electrons. The van der Waals surface area contributed by atoms with E-state index < -0.39 is 0 Å². The van der Waals surface area contributed by atoms with E-state index in [1.165, 1.54) is 5.56 Å². The van der Waals surface area contributed by atoms with Crippen molar-refractivity contribution in [3.05, 3.63) is 35.9 Å². The van der Waals surface area contributed by atoms with E-state index in [-0.39, 0.29) is 11.5 Å². The number of hydrogen-bond acceptors (Lipinski definition) is 2. The highest BCUT2D eigenvalue weighted by Crippen LogP contribution is 2.34. The van der Waals surface area contributed by atoms with E-state index in [9.17, 15) is 0 Å². The van der Waals surface area contributed by atoms with Gasteiger partial charge < -0.3 is 10.5 Å². The van der Waals surface area contributed by atoms with Gasteiger partial charge in [0.15, 0.2) is 0 Å². The summed E-state index contributed by atoms with van der Waals surface area (Å²) >= 11 is 0. The molecular formula is C15H25NO. The van der Waals surface area contributed by atoms with Crippen molar-refractivity contribution in [3.63, 3.8) is 0 Å². The molecule has 1 rings (SSSR count). The molecule has 1 atom stereocenters. The van der Waals surface area contributed by atoms with Gasteiger partial charge in [-0.3, -0.25) is 0 Å². The second-order valence-corrected chi connectivity index (χ2v) is 4.50. The molecule has 2 nitrogen and oxygen atoms in total. The maximum atomic E-state index is 6.37. The molecule has 0 heterocycles. The number of benzene rings is 1. The summed E-state index contributed by atoms with van der Waals surface area (Å²) in [5.41, 5.74) is 7.74. The Labute approximate surface area is 105 Å². The summed E-state index contributed by atoms with van der Waals surface area (Å²) in [4.78, 5) is 0. The monoisotopic (exact) mass is 235 g/mol. The molecule has 0 fully saturated rings. The van der Waals surface area contributed by atoms with Crippen LogP contribution in [0.15, 0.2) is 30.3 Å². The first-order valence-corrected chi connectivity index (χ1v) is 6.60. The molecule has 0 saturated heterocycles. The molecule has 1 unspecified atom stereocenters. The van der Waals surface area contributed by atoms with Crippen LogP contribution in [0.5, 0.6) is 0 Å². The van der Waals surface area contributed by atoms with Crippen molar-refractivity contribution < 1.29 is 4.74 Å². The van der Waals surface area contributed by atoms with E-state index >= 15 is 0 Å². The average molecular weight is 235 g/mol. The van der Waals surface area contributed by atoms with Gasteiger partial charge >= 0.3 is 0 Å². The van der Waals surface area contributed by atoms with Crippen molar-refractivity contribution >= 4 is 0 Å². The Kier molecular flexibility index (Phi) is 5.66. The van der Waals surface area contributed by atoms with E-state index in [1.807, 2.05) is 13.0 Å². The third kappa shape index (κ3) is 3.08. The van der Waals surface area contributed by atoms with Gasteiger partial charge in [0.25, 0.3) is 0 Å². The maximum absolute atomic E-state index is 6.37. The maximum Gasteiger partial charge on any atom is 0.0626 e. The fraction of sp³-hybridized carbons (Fsp3) is 0.600. The van der Waals surface area contributed by atoms with Crippen LogP contribution in [0.3, 0.4) is 0 Å². The van der Waals surface area contributed by atoms with E-state index in [4.69, 9.17) is 10.5 Å². The highest BCUT2D eigenvalue weighted by Gasteiger charge is 2.34. The predicted molar refractivity (Wildman–Crippen MR) is 73.2 cm³/mol. The first-order chi connectivity index (χ1) is 8.21. The summed E-state index contributed by atoms with van der Waals surface area (Å²) in [6.45, 7) is 7.79. The summed E-state index contributed by atoms with van der Waals surface area (Å²) in [5, 5.41) is 0. The first-order valence-electron chi connectivity index (χ1n) is 6.60. The van der Waals surface area contributed by atoms with Gasteiger partial charge in [-0.2, -0.15) is 0 Å². The summed E-state index contributed by atoms with van der Waals surface area (Å²) in [6.07, 6.45) is 2.09. The molecule has 0 spiro atoms. The van der Waals surface area contributed by atoms with E-state index in [1.54, 1.807) is 0 Å². The molecule has 1 aromatic carbocycles. The molecule has 0 radical (unpaired) electrons. The molecular weight excluding hydrogens is 210 g/mol. The second kappa shape index (κ2) is 6.77. The molecule has 2 N–H and O–H groups in total. The molecule has 0 bridgehead atoms. The van der Waals surface area contributed by atoms with E-state index in [2.05, 4.69) is 38.1 Å². The van der Waals surface area contributed by atoms with E-state index in [0.717, 1.165) is 19.4 Å². The van der Waals surface area contributed by atoms with Crippen LogP contribution < -0.4 is 5.73 Å². The van der Waals surface area contributed by atoms with Crippen LogP contribution in [-0.4, -0.2) is 19.3 Å². The Morgan fingerprint density at radius 2 is 1.71 bits per heavy atom. The zero-order chi connectivity index (χ0) is 12.7. The van der Waals surface area contributed by atoms with Gasteiger partial charge in [-0.05, 0) is 25.3 Å². The molecule has 0 aliphatic heterocycles. The highest BCUT2D eigenvalue weighted by molar-refractivity contribution is 5.27. The molecule has 2 heteroatoms. The molecule has 1 aromatic rings. The van der Waals surface area contributed by atoms with Gasteiger partial charge in [-0.25, -0.2) is 0 Å². The molecule has 0 aliphatic rings. The Morgan fingerprint density at radius 3 is 2.18 bits per heavy atom. The van der Waals surface area contributed by atoms with Gasteiger partial charge in [-0.1, -0.05) is 44.2 Å². The molecule has 0 aromatic heterocycles. The topological polar surface area (TPSA) is 35.2 Å². The zero-order valence-corrected chi connectivity index (χ0v) is 11.3. The Hall–Kier alpha value is -0.860. The van der Waals surface area contributed by atoms with Crippen molar-refractivity contribution in [2.45, 2.75) is 45.1 Å². The van der Waals surface area contributed by atoms with Crippen LogP contribution >= 0.6 is 0 Å². The Bertz CT molecular complexity index is 306. The first kappa shape index (κ1) is 14.2. The van der Waals surface area contributed by atoms with Crippen molar-refractivity contribution in [3.8, 4) is 0 Å². The molecule has 0 saturated carbocycles. The lowest BCUT2D eigenvalue weighted by Gasteiger charge is -2.38. The number of rotatable bonds is 7. The largest absolute Gasteiger partial charge is 0.380 e.